The average Bonchev–Trinajstić information content (AvgIpc) is 3.09. The Labute approximate surface area is 129 Å². The number of phenolic OH excluding ortho intramolecular Hbond substituents is 1. The molecule has 2 nitrogen and oxygen atoms in total. The van der Waals surface area contributed by atoms with Crippen molar-refractivity contribution in [2.24, 2.45) is 11.7 Å². The van der Waals surface area contributed by atoms with Gasteiger partial charge in [0.05, 0.1) is 0 Å². The summed E-state index contributed by atoms with van der Waals surface area (Å²) in [5, 5.41) is 10.7. The standard InChI is InChI=1S/C19H31NO/c1-18(2,3)14-10-13(16(20)9-12-7-8-12)11-15(17(14)21)19(4,5)6/h10-12,16,21H,7-9,20H2,1-6H3/t16-/m1/s1. The van der Waals surface area contributed by atoms with Crippen LogP contribution in [0.1, 0.15) is 83.5 Å². The van der Waals surface area contributed by atoms with E-state index in [9.17, 15) is 5.11 Å². The molecule has 0 unspecified atom stereocenters. The largest absolute Gasteiger partial charge is 0.507 e. The highest BCUT2D eigenvalue weighted by atomic mass is 16.3. The third-order valence-corrected chi connectivity index (χ3v) is 4.46. The van der Waals surface area contributed by atoms with Gasteiger partial charge in [-0.2, -0.15) is 0 Å². The molecule has 2 heteroatoms. The lowest BCUT2D eigenvalue weighted by Crippen LogP contribution is -2.20. The smallest absolute Gasteiger partial charge is 0.123 e. The summed E-state index contributed by atoms with van der Waals surface area (Å²) in [6.45, 7) is 12.9. The zero-order chi connectivity index (χ0) is 16.0. The number of aromatic hydroxyl groups is 1. The number of rotatable bonds is 3. The van der Waals surface area contributed by atoms with Gasteiger partial charge in [0, 0.05) is 6.04 Å². The molecule has 21 heavy (non-hydrogen) atoms. The highest BCUT2D eigenvalue weighted by Gasteiger charge is 2.29. The van der Waals surface area contributed by atoms with Gasteiger partial charge in [-0.25, -0.2) is 0 Å². The van der Waals surface area contributed by atoms with Crippen molar-refractivity contribution in [1.82, 2.24) is 0 Å². The highest BCUT2D eigenvalue weighted by Crippen LogP contribution is 2.42. The third-order valence-electron chi connectivity index (χ3n) is 4.46. The van der Waals surface area contributed by atoms with Crippen molar-refractivity contribution in [3.05, 3.63) is 28.8 Å². The minimum Gasteiger partial charge on any atom is -0.507 e. The van der Waals surface area contributed by atoms with E-state index in [1.165, 1.54) is 18.4 Å². The van der Waals surface area contributed by atoms with Crippen LogP contribution in [-0.4, -0.2) is 5.11 Å². The second kappa shape index (κ2) is 5.31. The van der Waals surface area contributed by atoms with Gasteiger partial charge in [-0.1, -0.05) is 66.5 Å². The van der Waals surface area contributed by atoms with Crippen molar-refractivity contribution in [1.29, 1.82) is 0 Å². The Morgan fingerprint density at radius 2 is 1.48 bits per heavy atom. The third kappa shape index (κ3) is 3.79. The number of nitrogens with two attached hydrogens (primary N) is 1. The number of benzene rings is 1. The average molecular weight is 289 g/mol. The van der Waals surface area contributed by atoms with Crippen molar-refractivity contribution >= 4 is 0 Å². The van der Waals surface area contributed by atoms with Crippen molar-refractivity contribution in [3.8, 4) is 5.75 Å². The van der Waals surface area contributed by atoms with E-state index in [-0.39, 0.29) is 16.9 Å². The number of hydrogen-bond acceptors (Lipinski definition) is 2. The Bertz CT molecular complexity index is 480. The lowest BCUT2D eigenvalue weighted by Gasteiger charge is -2.29. The van der Waals surface area contributed by atoms with E-state index in [0.717, 1.165) is 23.5 Å². The molecule has 1 atom stereocenters. The van der Waals surface area contributed by atoms with E-state index in [0.29, 0.717) is 5.75 Å². The molecule has 1 aromatic carbocycles. The van der Waals surface area contributed by atoms with Gasteiger partial charge in [0.1, 0.15) is 5.75 Å². The van der Waals surface area contributed by atoms with Crippen molar-refractivity contribution in [2.45, 2.75) is 77.7 Å². The molecule has 1 aliphatic rings. The molecule has 0 aromatic heterocycles. The predicted molar refractivity (Wildman–Crippen MR) is 89.8 cm³/mol. The van der Waals surface area contributed by atoms with Crippen LogP contribution in [0, 0.1) is 5.92 Å². The molecule has 0 aliphatic heterocycles. The van der Waals surface area contributed by atoms with Crippen molar-refractivity contribution in [3.63, 3.8) is 0 Å². The molecule has 0 heterocycles. The minimum absolute atomic E-state index is 0.0836. The van der Waals surface area contributed by atoms with Crippen LogP contribution in [0.15, 0.2) is 12.1 Å². The first-order valence-corrected chi connectivity index (χ1v) is 8.13. The van der Waals surface area contributed by atoms with Crippen LogP contribution < -0.4 is 5.73 Å². The zero-order valence-electron chi connectivity index (χ0n) is 14.5. The van der Waals surface area contributed by atoms with E-state index in [4.69, 9.17) is 5.73 Å². The van der Waals surface area contributed by atoms with Gasteiger partial charge in [0.25, 0.3) is 0 Å². The topological polar surface area (TPSA) is 46.2 Å². The predicted octanol–water partition coefficient (Wildman–Crippen LogP) is 4.79. The summed E-state index contributed by atoms with van der Waals surface area (Å²) in [6.07, 6.45) is 3.71. The fourth-order valence-electron chi connectivity index (χ4n) is 2.86. The summed E-state index contributed by atoms with van der Waals surface area (Å²) >= 11 is 0. The Morgan fingerprint density at radius 3 is 1.81 bits per heavy atom. The van der Waals surface area contributed by atoms with E-state index in [1.807, 2.05) is 0 Å². The summed E-state index contributed by atoms with van der Waals surface area (Å²) in [7, 11) is 0. The summed E-state index contributed by atoms with van der Waals surface area (Å²) in [5.41, 5.74) is 9.46. The molecule has 1 fully saturated rings. The van der Waals surface area contributed by atoms with Crippen LogP contribution in [0.3, 0.4) is 0 Å². The molecule has 2 rings (SSSR count). The molecule has 3 N–H and O–H groups in total. The molecular weight excluding hydrogens is 258 g/mol. The monoisotopic (exact) mass is 289 g/mol. The first kappa shape index (κ1) is 16.4. The summed E-state index contributed by atoms with van der Waals surface area (Å²) < 4.78 is 0. The van der Waals surface area contributed by atoms with Gasteiger partial charge < -0.3 is 10.8 Å². The molecule has 0 spiro atoms. The fraction of sp³-hybridized carbons (Fsp3) is 0.684. The van der Waals surface area contributed by atoms with E-state index in [1.54, 1.807) is 0 Å². The first-order chi connectivity index (χ1) is 9.50. The number of hydrogen-bond donors (Lipinski definition) is 2. The molecule has 0 saturated heterocycles. The molecule has 0 amide bonds. The molecule has 1 aliphatic carbocycles. The zero-order valence-corrected chi connectivity index (χ0v) is 14.5. The maximum absolute atomic E-state index is 10.7. The molecule has 118 valence electrons. The normalized spacial score (nSPS) is 17.9. The van der Waals surface area contributed by atoms with Gasteiger partial charge in [-0.15, -0.1) is 0 Å². The van der Waals surface area contributed by atoms with Crippen LogP contribution in [0.2, 0.25) is 0 Å². The fourth-order valence-corrected chi connectivity index (χ4v) is 2.86. The first-order valence-electron chi connectivity index (χ1n) is 8.13. The maximum Gasteiger partial charge on any atom is 0.123 e. The Hall–Kier alpha value is -1.02. The minimum atomic E-state index is -0.0839. The second-order valence-electron chi connectivity index (χ2n) is 8.75. The molecule has 0 bridgehead atoms. The van der Waals surface area contributed by atoms with Crippen LogP contribution in [0.4, 0.5) is 0 Å². The second-order valence-corrected chi connectivity index (χ2v) is 8.75. The van der Waals surface area contributed by atoms with Crippen molar-refractivity contribution < 1.29 is 5.11 Å². The Morgan fingerprint density at radius 1 is 1.05 bits per heavy atom. The number of phenols is 1. The van der Waals surface area contributed by atoms with Gasteiger partial charge >= 0.3 is 0 Å². The van der Waals surface area contributed by atoms with Crippen molar-refractivity contribution in [2.75, 3.05) is 0 Å². The highest BCUT2D eigenvalue weighted by molar-refractivity contribution is 5.50. The van der Waals surface area contributed by atoms with Gasteiger partial charge in [-0.05, 0) is 39.9 Å². The SMILES string of the molecule is CC(C)(C)c1cc([C@H](N)CC2CC2)cc(C(C)(C)C)c1O. The molecule has 1 aromatic rings. The van der Waals surface area contributed by atoms with Crippen LogP contribution in [-0.2, 0) is 10.8 Å². The quantitative estimate of drug-likeness (QED) is 0.840. The van der Waals surface area contributed by atoms with Crippen LogP contribution in [0.25, 0.3) is 0 Å². The van der Waals surface area contributed by atoms with Gasteiger partial charge in [-0.3, -0.25) is 0 Å². The summed E-state index contributed by atoms with van der Waals surface area (Å²) in [5.74, 6) is 1.25. The molecular formula is C19H31NO. The summed E-state index contributed by atoms with van der Waals surface area (Å²) in [6, 6.07) is 4.33. The maximum atomic E-state index is 10.7. The Balaban J connectivity index is 2.50. The van der Waals surface area contributed by atoms with Gasteiger partial charge in [0.2, 0.25) is 0 Å². The van der Waals surface area contributed by atoms with E-state index < -0.39 is 0 Å². The lowest BCUT2D eigenvalue weighted by molar-refractivity contribution is 0.421. The van der Waals surface area contributed by atoms with E-state index in [2.05, 4.69) is 53.7 Å². The molecule has 0 radical (unpaired) electrons. The van der Waals surface area contributed by atoms with Crippen LogP contribution >= 0.6 is 0 Å². The van der Waals surface area contributed by atoms with E-state index >= 15 is 0 Å². The van der Waals surface area contributed by atoms with Gasteiger partial charge in [0.15, 0.2) is 0 Å². The summed E-state index contributed by atoms with van der Waals surface area (Å²) in [4.78, 5) is 0. The molecule has 1 saturated carbocycles. The Kier molecular flexibility index (Phi) is 4.14. The lowest BCUT2D eigenvalue weighted by atomic mass is 9.77. The van der Waals surface area contributed by atoms with Crippen LogP contribution in [0.5, 0.6) is 5.75 Å².